The van der Waals surface area contributed by atoms with Crippen molar-refractivity contribution in [1.82, 2.24) is 9.97 Å². The lowest BCUT2D eigenvalue weighted by Gasteiger charge is -2.13. The van der Waals surface area contributed by atoms with Crippen molar-refractivity contribution >= 4 is 55.0 Å². The largest absolute Gasteiger partial charge is 0.339 e. The monoisotopic (exact) mass is 389 g/mol. The van der Waals surface area contributed by atoms with Gasteiger partial charge in [-0.15, -0.1) is 0 Å². The first kappa shape index (κ1) is 13.8. The second-order valence-corrected chi connectivity index (χ2v) is 5.98. The zero-order valence-corrected chi connectivity index (χ0v) is 13.7. The van der Waals surface area contributed by atoms with Crippen molar-refractivity contribution < 1.29 is 0 Å². The Morgan fingerprint density at radius 2 is 1.78 bits per heavy atom. The topological polar surface area (TPSA) is 37.8 Å². The number of aryl methyl sites for hydroxylation is 2. The van der Waals surface area contributed by atoms with Gasteiger partial charge in [-0.1, -0.05) is 15.9 Å². The molecule has 1 aromatic heterocycles. The molecule has 0 atom stereocenters. The summed E-state index contributed by atoms with van der Waals surface area (Å²) in [7, 11) is 0. The van der Waals surface area contributed by atoms with Crippen LogP contribution in [0.4, 0.5) is 11.5 Å². The Hall–Kier alpha value is -0.650. The Kier molecular flexibility index (Phi) is 4.25. The van der Waals surface area contributed by atoms with Gasteiger partial charge in [0.05, 0.1) is 4.47 Å². The van der Waals surface area contributed by atoms with Crippen molar-refractivity contribution in [2.45, 2.75) is 13.8 Å². The van der Waals surface area contributed by atoms with Gasteiger partial charge in [0, 0.05) is 16.4 Å². The van der Waals surface area contributed by atoms with Crippen LogP contribution in [0.1, 0.15) is 11.1 Å². The smallest absolute Gasteiger partial charge is 0.224 e. The summed E-state index contributed by atoms with van der Waals surface area (Å²) in [4.78, 5) is 8.06. The molecule has 18 heavy (non-hydrogen) atoms. The highest BCUT2D eigenvalue weighted by molar-refractivity contribution is 9.10. The molecule has 0 unspecified atom stereocenters. The quantitative estimate of drug-likeness (QED) is 0.731. The van der Waals surface area contributed by atoms with E-state index >= 15 is 0 Å². The molecule has 1 N–H and O–H groups in total. The Morgan fingerprint density at radius 3 is 2.39 bits per heavy atom. The molecule has 0 spiro atoms. The van der Waals surface area contributed by atoms with E-state index in [1.807, 2.05) is 26.0 Å². The van der Waals surface area contributed by atoms with Crippen LogP contribution >= 0.6 is 43.5 Å². The van der Waals surface area contributed by atoms with Crippen molar-refractivity contribution in [3.8, 4) is 0 Å². The summed E-state index contributed by atoms with van der Waals surface area (Å²) in [5.41, 5.74) is 3.28. The summed E-state index contributed by atoms with van der Waals surface area (Å²) in [6.45, 7) is 4.08. The number of aromatic nitrogens is 2. The van der Waals surface area contributed by atoms with E-state index in [0.29, 0.717) is 5.82 Å². The Labute approximate surface area is 127 Å². The third kappa shape index (κ3) is 3.02. The van der Waals surface area contributed by atoms with Crippen LogP contribution in [0.3, 0.4) is 0 Å². The Balaban J connectivity index is 2.43. The molecule has 0 amide bonds. The standard InChI is InChI=1S/C12H10Br2ClN3/c1-6-3-8(13)4-7(2)10(6)17-11-9(14)5-16-12(15)18-11/h3-5H,1-2H3,(H,16,17,18). The third-order valence-electron chi connectivity index (χ3n) is 2.46. The van der Waals surface area contributed by atoms with Crippen LogP contribution in [-0.2, 0) is 0 Å². The van der Waals surface area contributed by atoms with E-state index in [4.69, 9.17) is 11.6 Å². The maximum atomic E-state index is 5.80. The molecule has 0 bridgehead atoms. The van der Waals surface area contributed by atoms with Crippen LogP contribution < -0.4 is 5.32 Å². The van der Waals surface area contributed by atoms with Crippen LogP contribution in [0.25, 0.3) is 0 Å². The van der Waals surface area contributed by atoms with E-state index in [9.17, 15) is 0 Å². The summed E-state index contributed by atoms with van der Waals surface area (Å²) < 4.78 is 1.83. The summed E-state index contributed by atoms with van der Waals surface area (Å²) in [5.74, 6) is 0.656. The molecule has 0 aliphatic rings. The van der Waals surface area contributed by atoms with E-state index in [1.54, 1.807) is 6.20 Å². The summed E-state index contributed by atoms with van der Waals surface area (Å²) >= 11 is 12.7. The molecule has 1 heterocycles. The fraction of sp³-hybridized carbons (Fsp3) is 0.167. The van der Waals surface area contributed by atoms with Crippen molar-refractivity contribution in [1.29, 1.82) is 0 Å². The lowest BCUT2D eigenvalue weighted by atomic mass is 10.1. The third-order valence-corrected chi connectivity index (χ3v) is 3.68. The van der Waals surface area contributed by atoms with Gasteiger partial charge in [-0.05, 0) is 64.6 Å². The van der Waals surface area contributed by atoms with Crippen molar-refractivity contribution in [3.05, 3.63) is 43.7 Å². The SMILES string of the molecule is Cc1cc(Br)cc(C)c1Nc1nc(Cl)ncc1Br. The average Bonchev–Trinajstić information content (AvgIpc) is 2.28. The van der Waals surface area contributed by atoms with Crippen LogP contribution in [0.15, 0.2) is 27.3 Å². The summed E-state index contributed by atoms with van der Waals surface area (Å²) in [6.07, 6.45) is 1.63. The number of halogens is 3. The van der Waals surface area contributed by atoms with Crippen molar-refractivity contribution in [2.75, 3.05) is 5.32 Å². The van der Waals surface area contributed by atoms with E-state index < -0.39 is 0 Å². The van der Waals surface area contributed by atoms with Crippen molar-refractivity contribution in [2.24, 2.45) is 0 Å². The molecular formula is C12H10Br2ClN3. The fourth-order valence-corrected chi connectivity index (χ4v) is 2.77. The molecule has 94 valence electrons. The first-order valence-electron chi connectivity index (χ1n) is 5.19. The molecule has 0 aliphatic carbocycles. The van der Waals surface area contributed by atoms with Gasteiger partial charge in [-0.25, -0.2) is 4.98 Å². The normalized spacial score (nSPS) is 10.5. The van der Waals surface area contributed by atoms with Crippen LogP contribution in [0, 0.1) is 13.8 Å². The number of hydrogen-bond acceptors (Lipinski definition) is 3. The highest BCUT2D eigenvalue weighted by Crippen LogP contribution is 2.30. The second kappa shape index (κ2) is 5.55. The summed E-state index contributed by atoms with van der Waals surface area (Å²) in [6, 6.07) is 4.10. The first-order chi connectivity index (χ1) is 8.47. The molecule has 0 saturated carbocycles. The predicted molar refractivity (Wildman–Crippen MR) is 81.6 cm³/mol. The Bertz CT molecular complexity index is 579. The van der Waals surface area contributed by atoms with Gasteiger partial charge in [0.2, 0.25) is 5.28 Å². The van der Waals surface area contributed by atoms with Gasteiger partial charge in [0.1, 0.15) is 5.82 Å². The lowest BCUT2D eigenvalue weighted by Crippen LogP contribution is -2.00. The van der Waals surface area contributed by atoms with Gasteiger partial charge in [-0.3, -0.25) is 0 Å². The molecule has 0 fully saturated rings. The van der Waals surface area contributed by atoms with Gasteiger partial charge in [0.25, 0.3) is 0 Å². The maximum Gasteiger partial charge on any atom is 0.224 e. The number of rotatable bonds is 2. The molecule has 0 aliphatic heterocycles. The zero-order chi connectivity index (χ0) is 13.3. The van der Waals surface area contributed by atoms with Gasteiger partial charge >= 0.3 is 0 Å². The number of nitrogens with one attached hydrogen (secondary N) is 1. The van der Waals surface area contributed by atoms with Crippen molar-refractivity contribution in [3.63, 3.8) is 0 Å². The molecule has 2 aromatic rings. The molecule has 3 nitrogen and oxygen atoms in total. The minimum absolute atomic E-state index is 0.216. The van der Waals surface area contributed by atoms with Gasteiger partial charge in [0.15, 0.2) is 0 Å². The lowest BCUT2D eigenvalue weighted by molar-refractivity contribution is 1.15. The Morgan fingerprint density at radius 1 is 1.17 bits per heavy atom. The predicted octanol–water partition coefficient (Wildman–Crippen LogP) is 5.02. The van der Waals surface area contributed by atoms with E-state index in [1.165, 1.54) is 0 Å². The molecule has 1 aromatic carbocycles. The average molecular weight is 391 g/mol. The molecular weight excluding hydrogens is 381 g/mol. The number of benzene rings is 1. The number of nitrogens with zero attached hydrogens (tertiary/aromatic N) is 2. The molecule has 2 rings (SSSR count). The second-order valence-electron chi connectivity index (χ2n) is 3.88. The van der Waals surface area contributed by atoms with Crippen LogP contribution in [0.2, 0.25) is 5.28 Å². The minimum atomic E-state index is 0.216. The van der Waals surface area contributed by atoms with Crippen LogP contribution in [-0.4, -0.2) is 9.97 Å². The fourth-order valence-electron chi connectivity index (χ4n) is 1.66. The van der Waals surface area contributed by atoms with Crippen LogP contribution in [0.5, 0.6) is 0 Å². The van der Waals surface area contributed by atoms with Gasteiger partial charge < -0.3 is 5.32 Å². The highest BCUT2D eigenvalue weighted by Gasteiger charge is 2.09. The summed E-state index contributed by atoms with van der Waals surface area (Å²) in [5, 5.41) is 3.49. The maximum absolute atomic E-state index is 5.80. The zero-order valence-electron chi connectivity index (χ0n) is 9.76. The molecule has 0 radical (unpaired) electrons. The van der Waals surface area contributed by atoms with Gasteiger partial charge in [-0.2, -0.15) is 4.98 Å². The first-order valence-corrected chi connectivity index (χ1v) is 7.15. The minimum Gasteiger partial charge on any atom is -0.339 e. The highest BCUT2D eigenvalue weighted by atomic mass is 79.9. The van der Waals surface area contributed by atoms with E-state index in [2.05, 4.69) is 47.1 Å². The number of anilines is 2. The molecule has 0 saturated heterocycles. The van der Waals surface area contributed by atoms with E-state index in [0.717, 1.165) is 25.8 Å². The molecule has 6 heteroatoms. The van der Waals surface area contributed by atoms with E-state index in [-0.39, 0.29) is 5.28 Å². The number of hydrogen-bond donors (Lipinski definition) is 1.